The number of hydrogen-bond donors (Lipinski definition) is 1. The Kier molecular flexibility index (Phi) is 9.43. The summed E-state index contributed by atoms with van der Waals surface area (Å²) < 4.78 is 5.27. The number of hydrogen-bond acceptors (Lipinski definition) is 3. The number of methoxy groups -OCH3 is 1. The number of allylic oxidation sites excluding steroid dienone is 1. The molecule has 0 radical (unpaired) electrons. The number of ether oxygens (including phenoxy) is 1. The lowest BCUT2D eigenvalue weighted by molar-refractivity contribution is 0.0186. The van der Waals surface area contributed by atoms with Crippen LogP contribution in [-0.2, 0) is 0 Å². The van der Waals surface area contributed by atoms with E-state index in [0.717, 1.165) is 30.8 Å². The van der Waals surface area contributed by atoms with Crippen molar-refractivity contribution in [2.75, 3.05) is 20.2 Å². The summed E-state index contributed by atoms with van der Waals surface area (Å²) in [6.45, 7) is 23.0. The summed E-state index contributed by atoms with van der Waals surface area (Å²) in [4.78, 5) is 2.32. The summed E-state index contributed by atoms with van der Waals surface area (Å²) >= 11 is 0. The molecule has 0 bridgehead atoms. The second-order valence-corrected chi connectivity index (χ2v) is 9.76. The fourth-order valence-corrected chi connectivity index (χ4v) is 4.08. The molecule has 1 aromatic carbocycles. The maximum atomic E-state index is 6.60. The quantitative estimate of drug-likeness (QED) is 0.332. The first-order chi connectivity index (χ1) is 13.4. The number of rotatable bonds is 11. The molecular weight excluding hydrogens is 356 g/mol. The van der Waals surface area contributed by atoms with Gasteiger partial charge in [0.05, 0.1) is 13.3 Å². The van der Waals surface area contributed by atoms with E-state index in [-0.39, 0.29) is 17.0 Å². The third-order valence-electron chi connectivity index (χ3n) is 8.00. The molecule has 0 aliphatic heterocycles. The van der Waals surface area contributed by atoms with Crippen molar-refractivity contribution in [3.05, 3.63) is 41.5 Å². The first-order valence-electron chi connectivity index (χ1n) is 11.3. The van der Waals surface area contributed by atoms with Crippen LogP contribution in [0.3, 0.4) is 0 Å². The lowest BCUT2D eigenvalue weighted by atomic mass is 9.55. The number of likely N-dealkylation sites (N-methyl/N-ethyl adjacent to an activating group) is 1. The Balaban J connectivity index is 3.02. The van der Waals surface area contributed by atoms with Gasteiger partial charge in [-0.3, -0.25) is 4.90 Å². The van der Waals surface area contributed by atoms with Gasteiger partial charge in [0.1, 0.15) is 5.75 Å². The van der Waals surface area contributed by atoms with Gasteiger partial charge in [-0.05, 0) is 53.3 Å². The second-order valence-electron chi connectivity index (χ2n) is 9.76. The highest BCUT2D eigenvalue weighted by Gasteiger charge is 2.43. The summed E-state index contributed by atoms with van der Waals surface area (Å²) in [6, 6.07) is 8.09. The average Bonchev–Trinajstić information content (AvgIpc) is 2.70. The minimum Gasteiger partial charge on any atom is -0.497 e. The zero-order chi connectivity index (χ0) is 22.4. The van der Waals surface area contributed by atoms with Crippen molar-refractivity contribution in [3.63, 3.8) is 0 Å². The fraction of sp³-hybridized carbons (Fsp3) is 0.692. The van der Waals surface area contributed by atoms with Gasteiger partial charge in [-0.1, -0.05) is 86.1 Å². The molecule has 0 aliphatic rings. The average molecular weight is 403 g/mol. The van der Waals surface area contributed by atoms with Crippen LogP contribution in [-0.4, -0.2) is 25.1 Å². The molecule has 1 rings (SSSR count). The molecule has 29 heavy (non-hydrogen) atoms. The molecule has 0 saturated carbocycles. The van der Waals surface area contributed by atoms with Crippen molar-refractivity contribution in [2.45, 2.75) is 74.9 Å². The predicted molar refractivity (Wildman–Crippen MR) is 127 cm³/mol. The van der Waals surface area contributed by atoms with Crippen LogP contribution in [0.25, 0.3) is 0 Å². The van der Waals surface area contributed by atoms with Crippen molar-refractivity contribution in [3.8, 4) is 5.75 Å². The van der Waals surface area contributed by atoms with Crippen molar-refractivity contribution >= 4 is 0 Å². The molecule has 0 aromatic heterocycles. The molecule has 3 nitrogen and oxygen atoms in total. The van der Waals surface area contributed by atoms with E-state index >= 15 is 0 Å². The van der Waals surface area contributed by atoms with Gasteiger partial charge in [0.25, 0.3) is 0 Å². The van der Waals surface area contributed by atoms with Crippen LogP contribution < -0.4 is 10.5 Å². The highest BCUT2D eigenvalue weighted by Crippen LogP contribution is 2.51. The van der Waals surface area contributed by atoms with Gasteiger partial charge in [-0.15, -0.1) is 0 Å². The van der Waals surface area contributed by atoms with Gasteiger partial charge in [0, 0.05) is 6.54 Å². The van der Waals surface area contributed by atoms with E-state index < -0.39 is 0 Å². The maximum Gasteiger partial charge on any atom is 0.118 e. The third-order valence-corrected chi connectivity index (χ3v) is 8.00. The SMILES string of the molecule is CC/C(=C/CN(CC)C(N)c1ccc(OC)cc1)C(C)C(C)(C)C(C)(C)C(C)C. The van der Waals surface area contributed by atoms with Crippen molar-refractivity contribution in [2.24, 2.45) is 28.4 Å². The van der Waals surface area contributed by atoms with E-state index in [4.69, 9.17) is 10.5 Å². The lowest BCUT2D eigenvalue weighted by Gasteiger charge is -2.49. The standard InChI is InChI=1S/C26H46N2O/c1-11-21(20(5)26(8,9)25(6,7)19(3)4)17-18-28(12-2)24(27)22-13-15-23(29-10)16-14-22/h13-17,19-20,24H,11-12,18,27H2,1-10H3/b21-17-. The molecule has 0 heterocycles. The number of benzene rings is 1. The van der Waals surface area contributed by atoms with E-state index in [1.165, 1.54) is 5.57 Å². The highest BCUT2D eigenvalue weighted by atomic mass is 16.5. The third kappa shape index (κ3) is 5.86. The van der Waals surface area contributed by atoms with Crippen LogP contribution in [0.5, 0.6) is 5.75 Å². The monoisotopic (exact) mass is 402 g/mol. The highest BCUT2D eigenvalue weighted by molar-refractivity contribution is 5.29. The summed E-state index contributed by atoms with van der Waals surface area (Å²) in [5.74, 6) is 2.01. The number of nitrogens with two attached hydrogens (primary N) is 1. The van der Waals surface area contributed by atoms with Gasteiger partial charge in [0.15, 0.2) is 0 Å². The molecular formula is C26H46N2O. The summed E-state index contributed by atoms with van der Waals surface area (Å²) in [7, 11) is 1.69. The smallest absolute Gasteiger partial charge is 0.118 e. The Morgan fingerprint density at radius 3 is 2.00 bits per heavy atom. The molecule has 2 atom stereocenters. The van der Waals surface area contributed by atoms with Crippen LogP contribution in [0.15, 0.2) is 35.9 Å². The Morgan fingerprint density at radius 1 is 1.03 bits per heavy atom. The van der Waals surface area contributed by atoms with Crippen LogP contribution in [0.2, 0.25) is 0 Å². The van der Waals surface area contributed by atoms with E-state index in [1.54, 1.807) is 7.11 Å². The first kappa shape index (κ1) is 25.7. The molecule has 1 aromatic rings. The zero-order valence-electron chi connectivity index (χ0n) is 20.7. The van der Waals surface area contributed by atoms with E-state index in [9.17, 15) is 0 Å². The molecule has 0 spiro atoms. The first-order valence-corrected chi connectivity index (χ1v) is 11.3. The van der Waals surface area contributed by atoms with Gasteiger partial charge >= 0.3 is 0 Å². The van der Waals surface area contributed by atoms with Crippen LogP contribution >= 0.6 is 0 Å². The van der Waals surface area contributed by atoms with Crippen LogP contribution in [0.4, 0.5) is 0 Å². The van der Waals surface area contributed by atoms with Crippen molar-refractivity contribution < 1.29 is 4.74 Å². The van der Waals surface area contributed by atoms with Crippen LogP contribution in [0.1, 0.15) is 80.5 Å². The van der Waals surface area contributed by atoms with Gasteiger partial charge < -0.3 is 10.5 Å². The Hall–Kier alpha value is -1.32. The molecule has 0 fully saturated rings. The van der Waals surface area contributed by atoms with E-state index in [1.807, 2.05) is 12.1 Å². The Bertz CT molecular complexity index is 643. The zero-order valence-corrected chi connectivity index (χ0v) is 20.7. The minimum absolute atomic E-state index is 0.115. The normalized spacial score (nSPS) is 15.7. The van der Waals surface area contributed by atoms with E-state index in [0.29, 0.717) is 11.8 Å². The predicted octanol–water partition coefficient (Wildman–Crippen LogP) is 6.66. The van der Waals surface area contributed by atoms with Gasteiger partial charge in [-0.2, -0.15) is 0 Å². The van der Waals surface area contributed by atoms with Gasteiger partial charge in [0.2, 0.25) is 0 Å². The largest absolute Gasteiger partial charge is 0.497 e. The molecule has 0 aliphatic carbocycles. The molecule has 0 amide bonds. The molecule has 0 saturated heterocycles. The summed E-state index contributed by atoms with van der Waals surface area (Å²) in [5.41, 5.74) is 9.71. The Morgan fingerprint density at radius 2 is 1.59 bits per heavy atom. The topological polar surface area (TPSA) is 38.5 Å². The molecule has 3 heteroatoms. The van der Waals surface area contributed by atoms with Gasteiger partial charge in [-0.25, -0.2) is 0 Å². The summed E-state index contributed by atoms with van der Waals surface area (Å²) in [6.07, 6.45) is 3.39. The molecule has 166 valence electrons. The maximum absolute atomic E-state index is 6.60. The minimum atomic E-state index is -0.115. The molecule has 2 N–H and O–H groups in total. The summed E-state index contributed by atoms with van der Waals surface area (Å²) in [5, 5.41) is 0. The molecule has 2 unspecified atom stereocenters. The second kappa shape index (κ2) is 10.6. The Labute approximate surface area is 180 Å². The fourth-order valence-electron chi connectivity index (χ4n) is 4.08. The lowest BCUT2D eigenvalue weighted by Crippen LogP contribution is -2.42. The van der Waals surface area contributed by atoms with Crippen LogP contribution in [0, 0.1) is 22.7 Å². The number of nitrogens with zero attached hydrogens (tertiary/aromatic N) is 1. The van der Waals surface area contributed by atoms with Crippen molar-refractivity contribution in [1.29, 1.82) is 0 Å². The van der Waals surface area contributed by atoms with Crippen molar-refractivity contribution in [1.82, 2.24) is 4.90 Å². The van der Waals surface area contributed by atoms with E-state index in [2.05, 4.69) is 85.4 Å².